The Balaban J connectivity index is 1.96. The fourth-order valence-electron chi connectivity index (χ4n) is 2.09. The molecule has 1 heterocycles. The van der Waals surface area contributed by atoms with Crippen LogP contribution < -0.4 is 5.32 Å². The van der Waals surface area contributed by atoms with Gasteiger partial charge in [0.25, 0.3) is 5.91 Å². The van der Waals surface area contributed by atoms with Gasteiger partial charge in [0, 0.05) is 18.5 Å². The topological polar surface area (TPSA) is 55.1 Å². The van der Waals surface area contributed by atoms with Crippen molar-refractivity contribution in [3.63, 3.8) is 0 Å². The second-order valence-corrected chi connectivity index (χ2v) is 5.67. The van der Waals surface area contributed by atoms with Crippen molar-refractivity contribution >= 4 is 17.5 Å². The van der Waals surface area contributed by atoms with Crippen LogP contribution in [0.25, 0.3) is 0 Å². The zero-order valence-electron chi connectivity index (χ0n) is 12.4. The van der Waals surface area contributed by atoms with Crippen molar-refractivity contribution in [1.82, 2.24) is 10.3 Å². The van der Waals surface area contributed by atoms with Crippen molar-refractivity contribution in [1.29, 1.82) is 0 Å². The van der Waals surface area contributed by atoms with E-state index in [1.807, 2.05) is 38.1 Å². The van der Waals surface area contributed by atoms with E-state index >= 15 is 0 Å². The van der Waals surface area contributed by atoms with Crippen LogP contribution in [0.1, 0.15) is 47.5 Å². The number of nitrogens with zero attached hydrogens (tertiary/aromatic N) is 1. The SMILES string of the molecule is Cc1nc(C(C)C)c(C(=O)NCCc2cccc(Cl)c2)o1. The first-order chi connectivity index (χ1) is 9.97. The average Bonchev–Trinajstić information content (AvgIpc) is 2.81. The molecule has 0 aliphatic heterocycles. The predicted molar refractivity (Wildman–Crippen MR) is 82.8 cm³/mol. The highest BCUT2D eigenvalue weighted by Gasteiger charge is 2.20. The molecular weight excluding hydrogens is 288 g/mol. The highest BCUT2D eigenvalue weighted by molar-refractivity contribution is 6.30. The van der Waals surface area contributed by atoms with Gasteiger partial charge in [-0.25, -0.2) is 4.98 Å². The molecular formula is C16H19ClN2O2. The Labute approximate surface area is 129 Å². The fourth-order valence-corrected chi connectivity index (χ4v) is 2.30. The molecule has 0 saturated carbocycles. The molecule has 1 aromatic heterocycles. The zero-order valence-corrected chi connectivity index (χ0v) is 13.2. The van der Waals surface area contributed by atoms with Crippen molar-refractivity contribution in [3.05, 3.63) is 52.2 Å². The lowest BCUT2D eigenvalue weighted by Gasteiger charge is -2.06. The van der Waals surface area contributed by atoms with Gasteiger partial charge in [0.05, 0.1) is 5.69 Å². The normalized spacial score (nSPS) is 10.9. The van der Waals surface area contributed by atoms with Crippen LogP contribution in [0, 0.1) is 6.92 Å². The molecule has 112 valence electrons. The van der Waals surface area contributed by atoms with Crippen molar-refractivity contribution in [2.45, 2.75) is 33.1 Å². The first kappa shape index (κ1) is 15.6. The van der Waals surface area contributed by atoms with E-state index in [1.54, 1.807) is 6.92 Å². The summed E-state index contributed by atoms with van der Waals surface area (Å²) in [6.45, 7) is 6.24. The van der Waals surface area contributed by atoms with Gasteiger partial charge in [0.15, 0.2) is 5.89 Å². The minimum atomic E-state index is -0.221. The molecule has 1 amide bonds. The van der Waals surface area contributed by atoms with Crippen molar-refractivity contribution in [2.75, 3.05) is 6.54 Å². The number of benzene rings is 1. The van der Waals surface area contributed by atoms with Gasteiger partial charge in [-0.1, -0.05) is 37.6 Å². The number of amides is 1. The maximum Gasteiger partial charge on any atom is 0.289 e. The van der Waals surface area contributed by atoms with Gasteiger partial charge in [-0.05, 0) is 30.0 Å². The van der Waals surface area contributed by atoms with Crippen molar-refractivity contribution in [2.24, 2.45) is 0 Å². The first-order valence-electron chi connectivity index (χ1n) is 6.97. The molecule has 2 rings (SSSR count). The molecule has 2 aromatic rings. The largest absolute Gasteiger partial charge is 0.436 e. The quantitative estimate of drug-likeness (QED) is 0.915. The Bertz CT molecular complexity index is 635. The summed E-state index contributed by atoms with van der Waals surface area (Å²) in [4.78, 5) is 16.4. The Hall–Kier alpha value is -1.81. The number of oxazole rings is 1. The highest BCUT2D eigenvalue weighted by atomic mass is 35.5. The lowest BCUT2D eigenvalue weighted by atomic mass is 10.1. The summed E-state index contributed by atoms with van der Waals surface area (Å²) >= 11 is 5.93. The van der Waals surface area contributed by atoms with E-state index in [-0.39, 0.29) is 11.8 Å². The standard InChI is InChI=1S/C16H19ClN2O2/c1-10(2)14-15(21-11(3)19-14)16(20)18-8-7-12-5-4-6-13(17)9-12/h4-6,9-10H,7-8H2,1-3H3,(H,18,20). The third kappa shape index (κ3) is 4.08. The van der Waals surface area contributed by atoms with Crippen LogP contribution in [0.4, 0.5) is 0 Å². The summed E-state index contributed by atoms with van der Waals surface area (Å²) in [6.07, 6.45) is 0.719. The molecule has 4 nitrogen and oxygen atoms in total. The number of aromatic nitrogens is 1. The van der Waals surface area contributed by atoms with Gasteiger partial charge in [-0.15, -0.1) is 0 Å². The molecule has 0 saturated heterocycles. The van der Waals surface area contributed by atoms with Crippen LogP contribution in [0.3, 0.4) is 0 Å². The number of nitrogens with one attached hydrogen (secondary N) is 1. The van der Waals surface area contributed by atoms with Gasteiger partial charge in [-0.2, -0.15) is 0 Å². The van der Waals surface area contributed by atoms with E-state index in [0.717, 1.165) is 12.0 Å². The third-order valence-electron chi connectivity index (χ3n) is 3.10. The monoisotopic (exact) mass is 306 g/mol. The van der Waals surface area contributed by atoms with Gasteiger partial charge in [0.2, 0.25) is 5.76 Å². The maximum absolute atomic E-state index is 12.2. The molecule has 5 heteroatoms. The van der Waals surface area contributed by atoms with E-state index in [2.05, 4.69) is 10.3 Å². The highest BCUT2D eigenvalue weighted by Crippen LogP contribution is 2.19. The molecule has 0 spiro atoms. The van der Waals surface area contributed by atoms with Crippen molar-refractivity contribution in [3.8, 4) is 0 Å². The van der Waals surface area contributed by atoms with E-state index in [9.17, 15) is 4.79 Å². The molecule has 0 aliphatic rings. The number of rotatable bonds is 5. The lowest BCUT2D eigenvalue weighted by Crippen LogP contribution is -2.26. The number of halogens is 1. The van der Waals surface area contributed by atoms with Crippen molar-refractivity contribution < 1.29 is 9.21 Å². The molecule has 21 heavy (non-hydrogen) atoms. The molecule has 0 bridgehead atoms. The Morgan fingerprint density at radius 3 is 2.86 bits per heavy atom. The Kier molecular flexibility index (Phi) is 5.02. The predicted octanol–water partition coefficient (Wildman–Crippen LogP) is 3.73. The van der Waals surface area contributed by atoms with E-state index in [0.29, 0.717) is 28.9 Å². The summed E-state index contributed by atoms with van der Waals surface area (Å²) in [5.74, 6) is 0.754. The van der Waals surface area contributed by atoms with Crippen LogP contribution >= 0.6 is 11.6 Å². The van der Waals surface area contributed by atoms with E-state index in [1.165, 1.54) is 0 Å². The number of carbonyl (C=O) groups excluding carboxylic acids is 1. The summed E-state index contributed by atoms with van der Waals surface area (Å²) in [7, 11) is 0. The molecule has 0 atom stereocenters. The summed E-state index contributed by atoms with van der Waals surface area (Å²) in [5, 5.41) is 3.56. The molecule has 0 aliphatic carbocycles. The minimum absolute atomic E-state index is 0.149. The van der Waals surface area contributed by atoms with Crippen LogP contribution in [0.5, 0.6) is 0 Å². The number of carbonyl (C=O) groups is 1. The van der Waals surface area contributed by atoms with Crippen LogP contribution in [0.2, 0.25) is 5.02 Å². The molecule has 0 unspecified atom stereocenters. The summed E-state index contributed by atoms with van der Waals surface area (Å²) < 4.78 is 5.42. The van der Waals surface area contributed by atoms with Crippen LogP contribution in [-0.2, 0) is 6.42 Å². The number of hydrogen-bond acceptors (Lipinski definition) is 3. The van der Waals surface area contributed by atoms with E-state index in [4.69, 9.17) is 16.0 Å². The van der Waals surface area contributed by atoms with Gasteiger partial charge >= 0.3 is 0 Å². The smallest absolute Gasteiger partial charge is 0.289 e. The first-order valence-corrected chi connectivity index (χ1v) is 7.35. The molecule has 1 N–H and O–H groups in total. The van der Waals surface area contributed by atoms with Crippen LogP contribution in [0.15, 0.2) is 28.7 Å². The second kappa shape index (κ2) is 6.76. The Morgan fingerprint density at radius 1 is 1.43 bits per heavy atom. The third-order valence-corrected chi connectivity index (χ3v) is 3.34. The Morgan fingerprint density at radius 2 is 2.19 bits per heavy atom. The van der Waals surface area contributed by atoms with Gasteiger partial charge < -0.3 is 9.73 Å². The summed E-state index contributed by atoms with van der Waals surface area (Å²) in [6, 6.07) is 7.61. The van der Waals surface area contributed by atoms with Gasteiger partial charge in [-0.3, -0.25) is 4.79 Å². The molecule has 1 aromatic carbocycles. The molecule has 0 fully saturated rings. The second-order valence-electron chi connectivity index (χ2n) is 5.24. The number of hydrogen-bond donors (Lipinski definition) is 1. The van der Waals surface area contributed by atoms with Gasteiger partial charge in [0.1, 0.15) is 0 Å². The molecule has 0 radical (unpaired) electrons. The maximum atomic E-state index is 12.2. The zero-order chi connectivity index (χ0) is 15.4. The average molecular weight is 307 g/mol. The lowest BCUT2D eigenvalue weighted by molar-refractivity contribution is 0.0923. The van der Waals surface area contributed by atoms with E-state index < -0.39 is 0 Å². The number of aryl methyl sites for hydroxylation is 1. The minimum Gasteiger partial charge on any atom is -0.436 e. The van der Waals surface area contributed by atoms with Crippen LogP contribution in [-0.4, -0.2) is 17.4 Å². The summed E-state index contributed by atoms with van der Waals surface area (Å²) in [5.41, 5.74) is 1.79. The fraction of sp³-hybridized carbons (Fsp3) is 0.375.